The van der Waals surface area contributed by atoms with Crippen molar-refractivity contribution >= 4 is 0 Å². The van der Waals surface area contributed by atoms with Gasteiger partial charge in [-0.05, 0) is 24.5 Å². The van der Waals surface area contributed by atoms with Crippen LogP contribution in [0.5, 0.6) is 0 Å². The van der Waals surface area contributed by atoms with Gasteiger partial charge in [0.2, 0.25) is 0 Å². The molecule has 0 amide bonds. The van der Waals surface area contributed by atoms with Gasteiger partial charge in [-0.25, -0.2) is 0 Å². The summed E-state index contributed by atoms with van der Waals surface area (Å²) >= 11 is 0. The maximum atomic E-state index is 4.95. The first kappa shape index (κ1) is 11.3. The second-order valence-electron chi connectivity index (χ2n) is 2.59. The van der Waals surface area contributed by atoms with Crippen molar-refractivity contribution in [2.24, 2.45) is 0 Å². The van der Waals surface area contributed by atoms with Crippen LogP contribution < -0.4 is 0 Å². The molecule has 0 fully saturated rings. The Balaban J connectivity index is 0.000000561. The van der Waals surface area contributed by atoms with Gasteiger partial charge in [-0.1, -0.05) is 33.6 Å². The van der Waals surface area contributed by atoms with Gasteiger partial charge in [0, 0.05) is 0 Å². The normalized spacial score (nSPS) is 8.92. The van der Waals surface area contributed by atoms with Crippen molar-refractivity contribution in [3.63, 3.8) is 0 Å². The molecule has 1 rings (SSSR count). The van der Waals surface area contributed by atoms with E-state index < -0.39 is 0 Å². The molecule has 0 saturated carbocycles. The average Bonchev–Trinajstić information content (AvgIpc) is 2.61. The minimum Gasteiger partial charge on any atom is -0.472 e. The van der Waals surface area contributed by atoms with Gasteiger partial charge >= 0.3 is 0 Å². The van der Waals surface area contributed by atoms with Crippen LogP contribution in [0.15, 0.2) is 23.0 Å². The minimum atomic E-state index is 1.17. The highest BCUT2D eigenvalue weighted by Crippen LogP contribution is 2.06. The fourth-order valence-electron chi connectivity index (χ4n) is 1.01. The van der Waals surface area contributed by atoms with Crippen molar-refractivity contribution in [3.8, 4) is 0 Å². The summed E-state index contributed by atoms with van der Waals surface area (Å²) in [5.74, 6) is 0. The van der Waals surface area contributed by atoms with E-state index in [9.17, 15) is 0 Å². The third-order valence-corrected chi connectivity index (χ3v) is 1.65. The smallest absolute Gasteiger partial charge is 0.0934 e. The van der Waals surface area contributed by atoms with E-state index in [2.05, 4.69) is 6.92 Å². The minimum absolute atomic E-state index is 1.17. The fourth-order valence-corrected chi connectivity index (χ4v) is 1.01. The lowest BCUT2D eigenvalue weighted by Crippen LogP contribution is -1.80. The maximum absolute atomic E-state index is 4.95. The highest BCUT2D eigenvalue weighted by Gasteiger charge is 1.91. The highest BCUT2D eigenvalue weighted by molar-refractivity contribution is 5.04. The molecule has 0 bridgehead atoms. The van der Waals surface area contributed by atoms with Crippen molar-refractivity contribution < 1.29 is 4.42 Å². The number of rotatable bonds is 4. The zero-order valence-electron chi connectivity index (χ0n) is 8.47. The summed E-state index contributed by atoms with van der Waals surface area (Å²) in [4.78, 5) is 0. The number of aryl methyl sites for hydroxylation is 1. The first-order valence-electron chi connectivity index (χ1n) is 4.94. The molecule has 0 spiro atoms. The Labute approximate surface area is 75.8 Å². The predicted molar refractivity (Wildman–Crippen MR) is 53.3 cm³/mol. The van der Waals surface area contributed by atoms with Crippen LogP contribution in [0.3, 0.4) is 0 Å². The van der Waals surface area contributed by atoms with Gasteiger partial charge in [0.25, 0.3) is 0 Å². The molecule has 70 valence electrons. The maximum Gasteiger partial charge on any atom is 0.0934 e. The van der Waals surface area contributed by atoms with Crippen LogP contribution in [-0.4, -0.2) is 0 Å². The van der Waals surface area contributed by atoms with Crippen molar-refractivity contribution in [1.82, 2.24) is 0 Å². The molecule has 1 aromatic heterocycles. The predicted octanol–water partition coefficient (Wildman–Crippen LogP) is 4.04. The molecule has 0 saturated heterocycles. The van der Waals surface area contributed by atoms with Crippen LogP contribution in [0.4, 0.5) is 0 Å². The lowest BCUT2D eigenvalue weighted by atomic mass is 10.1. The Morgan fingerprint density at radius 3 is 2.50 bits per heavy atom. The van der Waals surface area contributed by atoms with Gasteiger partial charge in [-0.15, -0.1) is 0 Å². The van der Waals surface area contributed by atoms with Crippen LogP contribution in [0.2, 0.25) is 0 Å². The summed E-state index contributed by atoms with van der Waals surface area (Å²) in [6.45, 7) is 6.22. The monoisotopic (exact) mass is 168 g/mol. The van der Waals surface area contributed by atoms with Crippen LogP contribution >= 0.6 is 0 Å². The molecule has 0 N–H and O–H groups in total. The molecule has 12 heavy (non-hydrogen) atoms. The number of furan rings is 1. The van der Waals surface area contributed by atoms with Gasteiger partial charge in [0.05, 0.1) is 12.5 Å². The number of hydrogen-bond donors (Lipinski definition) is 0. The van der Waals surface area contributed by atoms with Crippen molar-refractivity contribution in [2.45, 2.75) is 46.5 Å². The zero-order chi connectivity index (χ0) is 9.23. The second-order valence-corrected chi connectivity index (χ2v) is 2.59. The molecule has 1 heteroatoms. The molecular formula is C11H20O. The van der Waals surface area contributed by atoms with Crippen LogP contribution in [0.1, 0.15) is 45.6 Å². The largest absolute Gasteiger partial charge is 0.472 e. The Morgan fingerprint density at radius 1 is 1.25 bits per heavy atom. The molecule has 0 unspecified atom stereocenters. The summed E-state index contributed by atoms with van der Waals surface area (Å²) in [5, 5.41) is 0. The van der Waals surface area contributed by atoms with Gasteiger partial charge < -0.3 is 4.42 Å². The summed E-state index contributed by atoms with van der Waals surface area (Å²) in [6, 6.07) is 2.04. The van der Waals surface area contributed by atoms with E-state index >= 15 is 0 Å². The van der Waals surface area contributed by atoms with E-state index in [1.807, 2.05) is 26.2 Å². The lowest BCUT2D eigenvalue weighted by molar-refractivity contribution is 0.562. The Bertz CT molecular complexity index is 154. The average molecular weight is 168 g/mol. The van der Waals surface area contributed by atoms with Crippen LogP contribution in [0, 0.1) is 0 Å². The summed E-state index contributed by atoms with van der Waals surface area (Å²) in [6.07, 6.45) is 8.64. The molecule has 1 aromatic rings. The SMILES string of the molecule is CC.CCCCCc1ccoc1. The molecule has 0 aliphatic carbocycles. The topological polar surface area (TPSA) is 13.1 Å². The van der Waals surface area contributed by atoms with Crippen molar-refractivity contribution in [3.05, 3.63) is 24.2 Å². The van der Waals surface area contributed by atoms with E-state index in [1.54, 1.807) is 6.26 Å². The first-order valence-corrected chi connectivity index (χ1v) is 4.94. The van der Waals surface area contributed by atoms with Crippen molar-refractivity contribution in [1.29, 1.82) is 0 Å². The molecule has 0 atom stereocenters. The van der Waals surface area contributed by atoms with Gasteiger partial charge in [-0.2, -0.15) is 0 Å². The second kappa shape index (κ2) is 8.38. The summed E-state index contributed by atoms with van der Waals surface area (Å²) < 4.78 is 4.95. The van der Waals surface area contributed by atoms with Crippen molar-refractivity contribution in [2.75, 3.05) is 0 Å². The zero-order valence-corrected chi connectivity index (χ0v) is 8.47. The summed E-state index contributed by atoms with van der Waals surface area (Å²) in [7, 11) is 0. The summed E-state index contributed by atoms with van der Waals surface area (Å²) in [5.41, 5.74) is 1.33. The third-order valence-electron chi connectivity index (χ3n) is 1.65. The van der Waals surface area contributed by atoms with Crippen LogP contribution in [0.25, 0.3) is 0 Å². The molecule has 1 heterocycles. The molecular weight excluding hydrogens is 148 g/mol. The van der Waals surface area contributed by atoms with Gasteiger partial charge in [0.1, 0.15) is 0 Å². The molecule has 0 aliphatic rings. The van der Waals surface area contributed by atoms with Gasteiger partial charge in [-0.3, -0.25) is 0 Å². The number of unbranched alkanes of at least 4 members (excludes halogenated alkanes) is 2. The Morgan fingerprint density at radius 2 is 2.00 bits per heavy atom. The lowest BCUT2D eigenvalue weighted by Gasteiger charge is -1.92. The Kier molecular flexibility index (Phi) is 7.87. The van der Waals surface area contributed by atoms with E-state index in [0.29, 0.717) is 0 Å². The van der Waals surface area contributed by atoms with E-state index in [4.69, 9.17) is 4.42 Å². The standard InChI is InChI=1S/C9H14O.C2H6/c1-2-3-4-5-9-6-7-10-8-9;1-2/h6-8H,2-5H2,1H3;1-2H3. The molecule has 0 radical (unpaired) electrons. The quantitative estimate of drug-likeness (QED) is 0.618. The van der Waals surface area contributed by atoms with E-state index in [-0.39, 0.29) is 0 Å². The van der Waals surface area contributed by atoms with E-state index in [1.165, 1.54) is 31.2 Å². The Hall–Kier alpha value is -0.720. The van der Waals surface area contributed by atoms with Crippen LogP contribution in [-0.2, 0) is 6.42 Å². The van der Waals surface area contributed by atoms with Gasteiger partial charge in [0.15, 0.2) is 0 Å². The number of hydrogen-bond acceptors (Lipinski definition) is 1. The highest BCUT2D eigenvalue weighted by atomic mass is 16.3. The fraction of sp³-hybridized carbons (Fsp3) is 0.636. The first-order chi connectivity index (χ1) is 5.93. The molecule has 1 nitrogen and oxygen atoms in total. The molecule has 0 aromatic carbocycles. The van der Waals surface area contributed by atoms with E-state index in [0.717, 1.165) is 0 Å². The molecule has 0 aliphatic heterocycles. The third kappa shape index (κ3) is 5.00.